The summed E-state index contributed by atoms with van der Waals surface area (Å²) in [5.41, 5.74) is -0.101. The van der Waals surface area contributed by atoms with Gasteiger partial charge in [-0.1, -0.05) is 24.3 Å². The number of aromatic amines is 4. The molecule has 0 radical (unpaired) electrons. The van der Waals surface area contributed by atoms with Gasteiger partial charge in [0.25, 0.3) is 11.1 Å². The van der Waals surface area contributed by atoms with E-state index in [2.05, 4.69) is 19.9 Å². The van der Waals surface area contributed by atoms with Crippen LogP contribution in [0.3, 0.4) is 0 Å². The van der Waals surface area contributed by atoms with Gasteiger partial charge in [-0.3, -0.25) is 28.7 Å². The van der Waals surface area contributed by atoms with Crippen LogP contribution in [0.25, 0.3) is 22.1 Å². The molecule has 6 rings (SSSR count). The third kappa shape index (κ3) is 12.5. The normalized spacial score (nSPS) is 9.40. The number of fused-ring (bicyclic) bond motifs is 2. The van der Waals surface area contributed by atoms with E-state index in [1.54, 1.807) is 22.6 Å². The molecule has 0 bridgehead atoms. The number of benzene rings is 2. The molecule has 252 valence electrons. The molecule has 0 aliphatic heterocycles. The van der Waals surface area contributed by atoms with Gasteiger partial charge in [0, 0.05) is 0 Å². The number of carboxylic acid groups (broad SMARTS) is 2. The molecule has 10 N–H and O–H groups in total. The Kier molecular flexibility index (Phi) is 16.9. The van der Waals surface area contributed by atoms with Crippen LogP contribution in [-0.2, 0) is 50.1 Å². The molecule has 0 unspecified atom stereocenters. The number of H-pyrrole nitrogens is 4. The Labute approximate surface area is 268 Å². The molecule has 0 aliphatic rings. The molecule has 0 saturated heterocycles. The quantitative estimate of drug-likeness (QED) is 0.102. The molecular weight excluding hydrogens is 681 g/mol. The van der Waals surface area contributed by atoms with Crippen LogP contribution in [0.4, 0.5) is 8.78 Å². The molecule has 0 spiro atoms. The third-order valence-corrected chi connectivity index (χ3v) is 5.19. The second kappa shape index (κ2) is 19.4. The molecule has 18 nitrogen and oxygen atoms in total. The van der Waals surface area contributed by atoms with Crippen LogP contribution < -0.4 is 32.7 Å². The number of carboxylic acids is 2. The number of aliphatic carboxylic acids is 2. The Bertz CT molecular complexity index is 1930. The zero-order valence-corrected chi connectivity index (χ0v) is 24.6. The van der Waals surface area contributed by atoms with Gasteiger partial charge in [-0.05, 0) is 24.3 Å². The number of imidazole rings is 2. The summed E-state index contributed by atoms with van der Waals surface area (Å²) in [6.45, 7) is -1.60. The fraction of sp³-hybridized carbons (Fsp3) is 0.0769. The fourth-order valence-corrected chi connectivity index (χ4v) is 3.24. The molecule has 0 aliphatic carbocycles. The first-order valence-corrected chi connectivity index (χ1v) is 12.1. The van der Waals surface area contributed by atoms with Crippen LogP contribution in [0.15, 0.2) is 92.8 Å². The zero-order chi connectivity index (χ0) is 32.2. The Balaban J connectivity index is 0.000000594. The molecule has 4 aromatic heterocycles. The molecule has 0 fully saturated rings. The van der Waals surface area contributed by atoms with E-state index in [4.69, 9.17) is 0 Å². The van der Waals surface area contributed by atoms with Crippen molar-refractivity contribution >= 4 is 34.0 Å². The monoisotopic (exact) mass is 706 g/mol. The number of halogens is 2. The van der Waals surface area contributed by atoms with E-state index < -0.39 is 59.2 Å². The maximum Gasteiger partial charge on any atom is 2.00 e. The zero-order valence-electron chi connectivity index (χ0n) is 23.6. The SMILES string of the molecule is O=C([O-])Cn1cc(F)c(=O)[nH]c1=O.O=C([O-])Cn1cc(F)c(=O)[nH]c1=O.[Ni+2].[OH3+].[OH3+].c1ccc2[nH]cnc2c1.c1ccc2[nH]cnc2c1. The number of aromatic nitrogens is 8. The van der Waals surface area contributed by atoms with Crippen molar-refractivity contribution in [2.24, 2.45) is 0 Å². The van der Waals surface area contributed by atoms with Crippen molar-refractivity contribution in [3.63, 3.8) is 0 Å². The number of nitrogens with one attached hydrogen (secondary N) is 4. The molecule has 6 aromatic rings. The van der Waals surface area contributed by atoms with Crippen LogP contribution in [0, 0.1) is 11.6 Å². The largest absolute Gasteiger partial charge is 2.00 e. The number of carbonyl (C=O) groups excluding carboxylic acids is 2. The van der Waals surface area contributed by atoms with Crippen molar-refractivity contribution in [3.05, 3.63) is 127 Å². The summed E-state index contributed by atoms with van der Waals surface area (Å²) in [7, 11) is 0. The van der Waals surface area contributed by atoms with Crippen LogP contribution >= 0.6 is 0 Å². The molecule has 0 saturated carbocycles. The summed E-state index contributed by atoms with van der Waals surface area (Å²) in [6, 6.07) is 15.9. The van der Waals surface area contributed by atoms with Crippen molar-refractivity contribution < 1.29 is 56.0 Å². The number of hydrogen-bond donors (Lipinski definition) is 4. The smallest absolute Gasteiger partial charge is 0.548 e. The molecule has 4 heterocycles. The van der Waals surface area contributed by atoms with Gasteiger partial charge in [-0.25, -0.2) is 19.6 Å². The molecule has 47 heavy (non-hydrogen) atoms. The van der Waals surface area contributed by atoms with Crippen LogP contribution in [0.5, 0.6) is 0 Å². The van der Waals surface area contributed by atoms with Crippen molar-refractivity contribution in [1.82, 2.24) is 39.0 Å². The summed E-state index contributed by atoms with van der Waals surface area (Å²) in [6.07, 6.45) is 4.42. The fourth-order valence-electron chi connectivity index (χ4n) is 3.24. The van der Waals surface area contributed by atoms with Gasteiger partial charge >= 0.3 is 27.9 Å². The number of hydrogen-bond acceptors (Lipinski definition) is 10. The Morgan fingerprint density at radius 3 is 1.32 bits per heavy atom. The molecular formula is C26H26F2N8NiO10+2. The average molecular weight is 707 g/mol. The summed E-state index contributed by atoms with van der Waals surface area (Å²) in [4.78, 5) is 79.9. The molecule has 0 atom stereocenters. The third-order valence-electron chi connectivity index (χ3n) is 5.19. The van der Waals surface area contributed by atoms with Crippen LogP contribution in [-0.4, -0.2) is 51.0 Å². The topological polar surface area (TPSA) is 313 Å². The number of carbonyl (C=O) groups is 2. The number of para-hydroxylation sites is 4. The molecule has 2 aromatic carbocycles. The van der Waals surface area contributed by atoms with Gasteiger partial charge in [-0.15, -0.1) is 0 Å². The second-order valence-corrected chi connectivity index (χ2v) is 8.31. The summed E-state index contributed by atoms with van der Waals surface area (Å²) < 4.78 is 26.0. The van der Waals surface area contributed by atoms with Crippen molar-refractivity contribution in [1.29, 1.82) is 0 Å². The Hall–Kier alpha value is -6.05. The minimum absolute atomic E-state index is 0. The Morgan fingerprint density at radius 2 is 1.00 bits per heavy atom. The standard InChI is InChI=1S/2C7H6N2.2C6H5FN2O4.Ni.2H2O/c2*1-2-4-7-6(3-1)8-5-9-7;2*7-3-1-9(2-4(10)11)6(13)8-5(3)12;;;/h2*1-5H,(H,8,9);2*1H,2H2,(H,10,11)(H,8,12,13);;2*1H2/q;;;;+2;;. The van der Waals surface area contributed by atoms with Crippen LogP contribution in [0.1, 0.15) is 0 Å². The van der Waals surface area contributed by atoms with Gasteiger partial charge < -0.3 is 40.7 Å². The van der Waals surface area contributed by atoms with Gasteiger partial charge in [0.1, 0.15) is 0 Å². The second-order valence-electron chi connectivity index (χ2n) is 8.31. The van der Waals surface area contributed by atoms with Crippen LogP contribution in [0.2, 0.25) is 0 Å². The predicted octanol–water partition coefficient (Wildman–Crippen LogP) is -3.87. The first-order chi connectivity index (χ1) is 20.9. The van der Waals surface area contributed by atoms with E-state index in [-0.39, 0.29) is 27.4 Å². The number of nitrogens with zero attached hydrogens (tertiary/aromatic N) is 4. The van der Waals surface area contributed by atoms with E-state index in [0.717, 1.165) is 22.1 Å². The summed E-state index contributed by atoms with van der Waals surface area (Å²) in [5, 5.41) is 20.1. The van der Waals surface area contributed by atoms with Crippen molar-refractivity contribution in [2.45, 2.75) is 13.1 Å². The van der Waals surface area contributed by atoms with E-state index in [1.165, 1.54) is 0 Å². The Morgan fingerprint density at radius 1 is 0.660 bits per heavy atom. The van der Waals surface area contributed by atoms with E-state index >= 15 is 0 Å². The molecule has 21 heteroatoms. The summed E-state index contributed by atoms with van der Waals surface area (Å²) in [5.74, 6) is -5.54. The van der Waals surface area contributed by atoms with Gasteiger partial charge in [0.15, 0.2) is 0 Å². The number of rotatable bonds is 4. The maximum absolute atomic E-state index is 12.5. The van der Waals surface area contributed by atoms with Crippen molar-refractivity contribution in [2.75, 3.05) is 0 Å². The first kappa shape index (κ1) is 41.0. The van der Waals surface area contributed by atoms with E-state index in [9.17, 15) is 47.8 Å². The van der Waals surface area contributed by atoms with Gasteiger partial charge in [0.2, 0.25) is 11.6 Å². The maximum atomic E-state index is 12.5. The minimum atomic E-state index is -1.55. The molecule has 0 amide bonds. The van der Waals surface area contributed by atoms with E-state index in [1.807, 2.05) is 48.5 Å². The first-order valence-electron chi connectivity index (χ1n) is 12.1. The van der Waals surface area contributed by atoms with E-state index in [0.29, 0.717) is 21.5 Å². The minimum Gasteiger partial charge on any atom is -0.548 e. The summed E-state index contributed by atoms with van der Waals surface area (Å²) >= 11 is 0. The average Bonchev–Trinajstić information content (AvgIpc) is 3.65. The van der Waals surface area contributed by atoms with Crippen molar-refractivity contribution in [3.8, 4) is 0 Å². The van der Waals surface area contributed by atoms with Gasteiger partial charge in [0.05, 0.1) is 72.1 Å². The van der Waals surface area contributed by atoms with Gasteiger partial charge in [-0.2, -0.15) is 8.78 Å². The predicted molar refractivity (Wildman–Crippen MR) is 155 cm³/mol.